The molecule has 11 heteroatoms. The second-order valence-electron chi connectivity index (χ2n) is 11.5. The lowest BCUT2D eigenvalue weighted by Gasteiger charge is -2.43. The standard InChI is InChI=1S/C21H39N3O6Si2/c1-20(2,3)31(7,8)29-16-14(13-22-27)28-18(24-12-11-15(25)23-19(24)26)17(16)30-32(9,10)21(4,5)6/h11-14,16-18,27H,1-10H3,(H,23,25,26)/b22-13-. The molecule has 0 amide bonds. The van der Waals surface area contributed by atoms with Crippen LogP contribution in [0.5, 0.6) is 0 Å². The van der Waals surface area contributed by atoms with Gasteiger partial charge in [0.05, 0.1) is 6.21 Å². The average molecular weight is 486 g/mol. The van der Waals surface area contributed by atoms with Gasteiger partial charge < -0.3 is 18.8 Å². The van der Waals surface area contributed by atoms with Crippen LogP contribution in [-0.4, -0.2) is 55.9 Å². The van der Waals surface area contributed by atoms with E-state index in [1.807, 2.05) is 0 Å². The van der Waals surface area contributed by atoms with Gasteiger partial charge in [0, 0.05) is 12.3 Å². The summed E-state index contributed by atoms with van der Waals surface area (Å²) in [6, 6.07) is 1.27. The Labute approximate surface area is 192 Å². The van der Waals surface area contributed by atoms with Gasteiger partial charge in [-0.15, -0.1) is 0 Å². The molecule has 0 aliphatic carbocycles. The SMILES string of the molecule is CC(C)(C)[Si](C)(C)OC1C(/C=N\O)OC(n2ccc(=O)[nH]c2=O)C1O[Si](C)(C)C(C)(C)C. The molecule has 2 heterocycles. The molecule has 32 heavy (non-hydrogen) atoms. The highest BCUT2D eigenvalue weighted by atomic mass is 28.4. The van der Waals surface area contributed by atoms with Gasteiger partial charge in [-0.05, 0) is 36.3 Å². The quantitative estimate of drug-likeness (QED) is 0.275. The first-order valence-electron chi connectivity index (χ1n) is 10.9. The molecule has 4 unspecified atom stereocenters. The van der Waals surface area contributed by atoms with Crippen molar-refractivity contribution in [2.24, 2.45) is 5.16 Å². The van der Waals surface area contributed by atoms with Gasteiger partial charge in [-0.2, -0.15) is 0 Å². The number of aromatic nitrogens is 2. The van der Waals surface area contributed by atoms with Crippen LogP contribution in [-0.2, 0) is 13.6 Å². The molecule has 2 N–H and O–H groups in total. The van der Waals surface area contributed by atoms with E-state index in [0.29, 0.717) is 0 Å². The maximum atomic E-state index is 12.6. The molecule has 1 aliphatic rings. The first kappa shape index (κ1) is 26.7. The maximum absolute atomic E-state index is 12.6. The number of rotatable bonds is 6. The lowest BCUT2D eigenvalue weighted by molar-refractivity contribution is -0.0206. The van der Waals surface area contributed by atoms with Crippen molar-refractivity contribution in [3.63, 3.8) is 0 Å². The van der Waals surface area contributed by atoms with E-state index in [1.165, 1.54) is 23.0 Å². The lowest BCUT2D eigenvalue weighted by Crippen LogP contribution is -2.54. The minimum atomic E-state index is -2.33. The monoisotopic (exact) mass is 485 g/mol. The third kappa shape index (κ3) is 5.50. The van der Waals surface area contributed by atoms with Crippen molar-refractivity contribution in [3.05, 3.63) is 33.1 Å². The topological polar surface area (TPSA) is 115 Å². The molecule has 0 spiro atoms. The lowest BCUT2D eigenvalue weighted by atomic mass is 10.1. The number of ether oxygens (including phenoxy) is 1. The molecule has 0 aromatic carbocycles. The Morgan fingerprint density at radius 3 is 1.97 bits per heavy atom. The van der Waals surface area contributed by atoms with Gasteiger partial charge in [0.1, 0.15) is 18.3 Å². The highest BCUT2D eigenvalue weighted by molar-refractivity contribution is 6.74. The van der Waals surface area contributed by atoms with Gasteiger partial charge in [-0.3, -0.25) is 14.3 Å². The second-order valence-corrected chi connectivity index (χ2v) is 21.0. The van der Waals surface area contributed by atoms with E-state index in [1.54, 1.807) is 0 Å². The minimum absolute atomic E-state index is 0.0810. The van der Waals surface area contributed by atoms with Crippen molar-refractivity contribution in [1.29, 1.82) is 0 Å². The van der Waals surface area contributed by atoms with Crippen LogP contribution in [0.3, 0.4) is 0 Å². The molecule has 0 saturated carbocycles. The van der Waals surface area contributed by atoms with Gasteiger partial charge in [0.15, 0.2) is 22.9 Å². The third-order valence-corrected chi connectivity index (χ3v) is 16.0. The van der Waals surface area contributed by atoms with Crippen molar-refractivity contribution in [1.82, 2.24) is 9.55 Å². The van der Waals surface area contributed by atoms with Gasteiger partial charge in [0.25, 0.3) is 5.56 Å². The predicted octanol–water partition coefficient (Wildman–Crippen LogP) is 3.67. The second kappa shape index (κ2) is 9.01. The zero-order valence-electron chi connectivity index (χ0n) is 20.9. The van der Waals surface area contributed by atoms with Gasteiger partial charge in [-0.25, -0.2) is 4.79 Å². The Morgan fingerprint density at radius 2 is 1.53 bits per heavy atom. The minimum Gasteiger partial charge on any atom is -0.411 e. The molecule has 0 bridgehead atoms. The summed E-state index contributed by atoms with van der Waals surface area (Å²) in [5.41, 5.74) is -1.09. The fraction of sp³-hybridized carbons (Fsp3) is 0.762. The molecule has 1 aromatic rings. The van der Waals surface area contributed by atoms with E-state index in [4.69, 9.17) is 13.6 Å². The first-order chi connectivity index (χ1) is 14.4. The van der Waals surface area contributed by atoms with E-state index in [9.17, 15) is 14.8 Å². The summed E-state index contributed by atoms with van der Waals surface area (Å²) in [7, 11) is -4.62. The molecule has 1 fully saturated rings. The first-order valence-corrected chi connectivity index (χ1v) is 16.7. The summed E-state index contributed by atoms with van der Waals surface area (Å²) >= 11 is 0. The molecule has 9 nitrogen and oxygen atoms in total. The van der Waals surface area contributed by atoms with E-state index in [-0.39, 0.29) is 10.1 Å². The molecular formula is C21H39N3O6Si2. The summed E-state index contributed by atoms with van der Waals surface area (Å²) in [6.45, 7) is 21.3. The van der Waals surface area contributed by atoms with Gasteiger partial charge >= 0.3 is 5.69 Å². The summed E-state index contributed by atoms with van der Waals surface area (Å²) in [5, 5.41) is 12.3. The Balaban J connectivity index is 2.62. The van der Waals surface area contributed by atoms with Crippen LogP contribution in [0.15, 0.2) is 27.0 Å². The van der Waals surface area contributed by atoms with Gasteiger partial charge in [-0.1, -0.05) is 46.7 Å². The average Bonchev–Trinajstić information content (AvgIpc) is 2.90. The predicted molar refractivity (Wildman–Crippen MR) is 130 cm³/mol. The van der Waals surface area contributed by atoms with E-state index < -0.39 is 52.4 Å². The van der Waals surface area contributed by atoms with Crippen molar-refractivity contribution in [3.8, 4) is 0 Å². The molecule has 1 saturated heterocycles. The zero-order chi connectivity index (χ0) is 24.7. The van der Waals surface area contributed by atoms with Crippen molar-refractivity contribution in [2.45, 2.75) is 102 Å². The van der Waals surface area contributed by atoms with E-state index in [2.05, 4.69) is 77.9 Å². The van der Waals surface area contributed by atoms with Crippen molar-refractivity contribution in [2.75, 3.05) is 0 Å². The van der Waals surface area contributed by atoms with Crippen LogP contribution >= 0.6 is 0 Å². The Bertz CT molecular complexity index is 942. The smallest absolute Gasteiger partial charge is 0.330 e. The number of H-pyrrole nitrogens is 1. The number of aromatic amines is 1. The molecule has 2 rings (SSSR count). The molecule has 182 valence electrons. The Morgan fingerprint density at radius 1 is 1.03 bits per heavy atom. The van der Waals surface area contributed by atoms with Crippen LogP contribution in [0.25, 0.3) is 0 Å². The van der Waals surface area contributed by atoms with E-state index in [0.717, 1.165) is 0 Å². The molecule has 1 aromatic heterocycles. The normalized spacial score (nSPS) is 25.6. The van der Waals surface area contributed by atoms with Crippen LogP contribution in [0.1, 0.15) is 47.8 Å². The third-order valence-electron chi connectivity index (χ3n) is 7.04. The fourth-order valence-electron chi connectivity index (χ4n) is 3.00. The Kier molecular flexibility index (Phi) is 7.52. The zero-order valence-corrected chi connectivity index (χ0v) is 22.9. The summed E-state index contributed by atoms with van der Waals surface area (Å²) in [6.07, 6.45) is -0.146. The number of oxime groups is 1. The molecule has 0 radical (unpaired) electrons. The van der Waals surface area contributed by atoms with Crippen LogP contribution in [0.4, 0.5) is 0 Å². The summed E-state index contributed by atoms with van der Waals surface area (Å²) < 4.78 is 21.0. The van der Waals surface area contributed by atoms with E-state index >= 15 is 0 Å². The van der Waals surface area contributed by atoms with Crippen molar-refractivity contribution >= 4 is 22.8 Å². The van der Waals surface area contributed by atoms with Crippen LogP contribution < -0.4 is 11.2 Å². The Hall–Kier alpha value is -1.54. The number of nitrogens with one attached hydrogen (secondary N) is 1. The van der Waals surface area contributed by atoms with Crippen LogP contribution in [0, 0.1) is 0 Å². The number of hydrogen-bond acceptors (Lipinski definition) is 7. The van der Waals surface area contributed by atoms with Gasteiger partial charge in [0.2, 0.25) is 0 Å². The maximum Gasteiger partial charge on any atom is 0.330 e. The van der Waals surface area contributed by atoms with Crippen LogP contribution in [0.2, 0.25) is 36.3 Å². The summed E-state index contributed by atoms with van der Waals surface area (Å²) in [5.74, 6) is 0. The molecule has 4 atom stereocenters. The largest absolute Gasteiger partial charge is 0.411 e. The highest BCUT2D eigenvalue weighted by Crippen LogP contribution is 2.45. The fourth-order valence-corrected chi connectivity index (χ4v) is 5.58. The molecule has 1 aliphatic heterocycles. The highest BCUT2D eigenvalue weighted by Gasteiger charge is 2.54. The van der Waals surface area contributed by atoms with Crippen molar-refractivity contribution < 1.29 is 18.8 Å². The molecular weight excluding hydrogens is 446 g/mol. The number of hydrogen-bond donors (Lipinski definition) is 2. The number of nitrogens with zero attached hydrogens (tertiary/aromatic N) is 2. The summed E-state index contributed by atoms with van der Waals surface area (Å²) in [4.78, 5) is 26.5.